The third-order valence-electron chi connectivity index (χ3n) is 5.22. The number of nitrogens with zero attached hydrogens (tertiary/aromatic N) is 4. The molecule has 1 fully saturated rings. The molecule has 3 aromatic rings. The van der Waals surface area contributed by atoms with Crippen LogP contribution in [0, 0.1) is 0 Å². The second kappa shape index (κ2) is 8.61. The zero-order chi connectivity index (χ0) is 20.4. The number of likely N-dealkylation sites (tertiary alicyclic amines) is 1. The highest BCUT2D eigenvalue weighted by atomic mass is 35.5. The molecule has 1 saturated heterocycles. The number of β-amino-alcohol motifs (C(OH)–C–C–N with tert-alkyl or cyclic N) is 1. The summed E-state index contributed by atoms with van der Waals surface area (Å²) in [5.74, 6) is 0.567. The molecule has 0 saturated carbocycles. The molecular formula is C20H22ClF2N5O. The average Bonchev–Trinajstić information content (AvgIpc) is 3.19. The molecule has 1 aliphatic rings. The molecule has 0 spiro atoms. The maximum Gasteiger partial charge on any atom is 0.264 e. The lowest BCUT2D eigenvalue weighted by Gasteiger charge is -2.32. The molecule has 2 aromatic heterocycles. The summed E-state index contributed by atoms with van der Waals surface area (Å²) in [6.07, 6.45) is 1.18. The zero-order valence-electron chi connectivity index (χ0n) is 15.7. The number of benzene rings is 1. The van der Waals surface area contributed by atoms with Gasteiger partial charge in [-0.05, 0) is 43.7 Å². The maximum atomic E-state index is 13.6. The molecule has 6 nitrogen and oxygen atoms in total. The Balaban J connectivity index is 1.67. The van der Waals surface area contributed by atoms with Gasteiger partial charge < -0.3 is 10.4 Å². The van der Waals surface area contributed by atoms with Crippen LogP contribution in [-0.4, -0.2) is 56.9 Å². The maximum absolute atomic E-state index is 13.6. The lowest BCUT2D eigenvalue weighted by molar-refractivity contribution is 0.152. The number of aliphatic hydroxyl groups is 1. The van der Waals surface area contributed by atoms with E-state index in [9.17, 15) is 13.9 Å². The van der Waals surface area contributed by atoms with E-state index in [-0.39, 0.29) is 23.2 Å². The number of piperidine rings is 1. The highest BCUT2D eigenvalue weighted by Gasteiger charge is 2.22. The Morgan fingerprint density at radius 3 is 2.93 bits per heavy atom. The van der Waals surface area contributed by atoms with Crippen molar-refractivity contribution in [2.45, 2.75) is 25.3 Å². The molecule has 29 heavy (non-hydrogen) atoms. The van der Waals surface area contributed by atoms with Gasteiger partial charge in [-0.2, -0.15) is 0 Å². The van der Waals surface area contributed by atoms with Crippen LogP contribution in [0.4, 0.5) is 14.7 Å². The van der Waals surface area contributed by atoms with E-state index in [2.05, 4.69) is 20.4 Å². The lowest BCUT2D eigenvalue weighted by atomic mass is 10.0. The van der Waals surface area contributed by atoms with Gasteiger partial charge in [-0.25, -0.2) is 8.78 Å². The standard InChI is InChI=1S/C20H22ClF2N5O/c21-13-5-6-15(16(11-13)19(22)23)18-17-4-2-8-28(17)20(26-25-18)24-14-3-1-7-27(12-14)9-10-29/h2,4-6,8,11,14,19,29H,1,3,7,9-10,12H2,(H,24,26)/t14-/m1/s1. The Bertz CT molecular complexity index is 994. The molecule has 0 radical (unpaired) electrons. The van der Waals surface area contributed by atoms with E-state index in [4.69, 9.17) is 11.6 Å². The Kier molecular flexibility index (Phi) is 5.94. The van der Waals surface area contributed by atoms with Crippen molar-refractivity contribution in [1.29, 1.82) is 0 Å². The molecule has 0 aliphatic carbocycles. The van der Waals surface area contributed by atoms with Crippen molar-refractivity contribution in [2.75, 3.05) is 31.6 Å². The van der Waals surface area contributed by atoms with Gasteiger partial charge in [-0.3, -0.25) is 9.30 Å². The van der Waals surface area contributed by atoms with Crippen LogP contribution in [0.3, 0.4) is 0 Å². The summed E-state index contributed by atoms with van der Waals surface area (Å²) in [6.45, 7) is 2.56. The van der Waals surface area contributed by atoms with E-state index in [0.717, 1.165) is 25.9 Å². The van der Waals surface area contributed by atoms with Crippen LogP contribution in [0.1, 0.15) is 24.8 Å². The third-order valence-corrected chi connectivity index (χ3v) is 5.46. The number of anilines is 1. The minimum atomic E-state index is -2.67. The molecule has 3 heterocycles. The van der Waals surface area contributed by atoms with Crippen molar-refractivity contribution in [1.82, 2.24) is 19.5 Å². The number of fused-ring (bicyclic) bond motifs is 1. The van der Waals surface area contributed by atoms with Gasteiger partial charge in [0.1, 0.15) is 5.69 Å². The number of nitrogens with one attached hydrogen (secondary N) is 1. The first-order chi connectivity index (χ1) is 14.1. The van der Waals surface area contributed by atoms with Crippen LogP contribution < -0.4 is 5.32 Å². The van der Waals surface area contributed by atoms with Gasteiger partial charge in [0.05, 0.1) is 12.1 Å². The van der Waals surface area contributed by atoms with E-state index in [1.165, 1.54) is 6.07 Å². The van der Waals surface area contributed by atoms with Crippen molar-refractivity contribution in [3.63, 3.8) is 0 Å². The normalized spacial score (nSPS) is 17.9. The zero-order valence-corrected chi connectivity index (χ0v) is 16.5. The molecular weight excluding hydrogens is 400 g/mol. The smallest absolute Gasteiger partial charge is 0.264 e. The van der Waals surface area contributed by atoms with Crippen LogP contribution in [0.5, 0.6) is 0 Å². The summed E-state index contributed by atoms with van der Waals surface area (Å²) in [4.78, 5) is 2.21. The van der Waals surface area contributed by atoms with Crippen molar-refractivity contribution >= 4 is 23.1 Å². The molecule has 154 valence electrons. The van der Waals surface area contributed by atoms with Crippen molar-refractivity contribution < 1.29 is 13.9 Å². The Hall–Kier alpha value is -2.29. The lowest BCUT2D eigenvalue weighted by Crippen LogP contribution is -2.43. The highest BCUT2D eigenvalue weighted by molar-refractivity contribution is 6.30. The summed E-state index contributed by atoms with van der Waals surface area (Å²) in [5, 5.41) is 21.4. The number of aliphatic hydroxyl groups excluding tert-OH is 1. The molecule has 1 aliphatic heterocycles. The summed E-state index contributed by atoms with van der Waals surface area (Å²) in [5.41, 5.74) is 1.23. The van der Waals surface area contributed by atoms with E-state index in [1.807, 2.05) is 22.7 Å². The number of hydrogen-bond donors (Lipinski definition) is 2. The Morgan fingerprint density at radius 1 is 1.28 bits per heavy atom. The molecule has 0 unspecified atom stereocenters. The predicted molar refractivity (Wildman–Crippen MR) is 109 cm³/mol. The Labute approximate surface area is 172 Å². The van der Waals surface area contributed by atoms with Gasteiger partial charge in [0.2, 0.25) is 5.95 Å². The number of hydrogen-bond acceptors (Lipinski definition) is 5. The summed E-state index contributed by atoms with van der Waals surface area (Å²) in [6, 6.07) is 8.25. The van der Waals surface area contributed by atoms with Crippen LogP contribution in [0.2, 0.25) is 5.02 Å². The van der Waals surface area contributed by atoms with E-state index in [0.29, 0.717) is 29.3 Å². The second-order valence-corrected chi connectivity index (χ2v) is 7.61. The topological polar surface area (TPSA) is 65.7 Å². The van der Waals surface area contributed by atoms with Gasteiger partial charge in [-0.1, -0.05) is 17.7 Å². The molecule has 1 atom stereocenters. The van der Waals surface area contributed by atoms with Crippen LogP contribution in [0.15, 0.2) is 36.5 Å². The average molecular weight is 422 g/mol. The number of halogens is 3. The van der Waals surface area contributed by atoms with Gasteiger partial charge in [-0.15, -0.1) is 10.2 Å². The van der Waals surface area contributed by atoms with Crippen molar-refractivity contribution in [3.05, 3.63) is 47.1 Å². The third kappa shape index (κ3) is 4.19. The number of rotatable bonds is 6. The van der Waals surface area contributed by atoms with Crippen LogP contribution in [0.25, 0.3) is 16.8 Å². The summed E-state index contributed by atoms with van der Waals surface area (Å²) in [7, 11) is 0. The van der Waals surface area contributed by atoms with Gasteiger partial charge in [0.25, 0.3) is 6.43 Å². The predicted octanol–water partition coefficient (Wildman–Crippen LogP) is 3.86. The van der Waals surface area contributed by atoms with Gasteiger partial charge >= 0.3 is 0 Å². The fourth-order valence-electron chi connectivity index (χ4n) is 3.88. The summed E-state index contributed by atoms with van der Waals surface area (Å²) < 4.78 is 28.9. The highest BCUT2D eigenvalue weighted by Crippen LogP contribution is 2.34. The first-order valence-corrected chi connectivity index (χ1v) is 9.96. The van der Waals surface area contributed by atoms with E-state index >= 15 is 0 Å². The fraction of sp³-hybridized carbons (Fsp3) is 0.400. The molecule has 0 bridgehead atoms. The molecule has 9 heteroatoms. The van der Waals surface area contributed by atoms with Gasteiger partial charge in [0.15, 0.2) is 0 Å². The minimum absolute atomic E-state index is 0.136. The molecule has 1 aromatic carbocycles. The van der Waals surface area contributed by atoms with Crippen LogP contribution >= 0.6 is 11.6 Å². The SMILES string of the molecule is OCCN1CCC[C@@H](Nc2nnc(-c3ccc(Cl)cc3C(F)F)c3cccn23)C1. The van der Waals surface area contributed by atoms with Crippen LogP contribution in [-0.2, 0) is 0 Å². The van der Waals surface area contributed by atoms with Gasteiger partial charge in [0, 0.05) is 41.5 Å². The number of aromatic nitrogens is 3. The quantitative estimate of drug-likeness (QED) is 0.632. The first-order valence-electron chi connectivity index (χ1n) is 9.58. The number of alkyl halides is 2. The minimum Gasteiger partial charge on any atom is -0.395 e. The monoisotopic (exact) mass is 421 g/mol. The Morgan fingerprint density at radius 2 is 2.14 bits per heavy atom. The fourth-order valence-corrected chi connectivity index (χ4v) is 4.06. The molecule has 4 rings (SSSR count). The van der Waals surface area contributed by atoms with Crippen molar-refractivity contribution in [3.8, 4) is 11.3 Å². The van der Waals surface area contributed by atoms with E-state index in [1.54, 1.807) is 12.1 Å². The molecule has 2 N–H and O–H groups in total. The van der Waals surface area contributed by atoms with Crippen molar-refractivity contribution in [2.24, 2.45) is 0 Å². The molecule has 0 amide bonds. The summed E-state index contributed by atoms with van der Waals surface area (Å²) >= 11 is 5.91. The second-order valence-electron chi connectivity index (χ2n) is 7.18. The first kappa shape index (κ1) is 20.0. The largest absolute Gasteiger partial charge is 0.395 e. The van der Waals surface area contributed by atoms with E-state index < -0.39 is 6.43 Å².